The Bertz CT molecular complexity index is 1040. The molecule has 0 unspecified atom stereocenters. The molecule has 2 aromatic heterocycles. The summed E-state index contributed by atoms with van der Waals surface area (Å²) >= 11 is 9.59. The largest absolute Gasteiger partial charge is 0.319 e. The topological polar surface area (TPSA) is 79.8 Å². The molecule has 1 aromatic carbocycles. The molecule has 0 fully saturated rings. The monoisotopic (exact) mass is 448 g/mol. The van der Waals surface area contributed by atoms with Gasteiger partial charge >= 0.3 is 0 Å². The van der Waals surface area contributed by atoms with Crippen LogP contribution in [0, 0.1) is 0 Å². The lowest BCUT2D eigenvalue weighted by atomic mass is 10.1. The minimum Gasteiger partial charge on any atom is -0.319 e. The van der Waals surface area contributed by atoms with Crippen molar-refractivity contribution in [3.8, 4) is 0 Å². The zero-order valence-corrected chi connectivity index (χ0v) is 17.1. The zero-order chi connectivity index (χ0) is 19.6. The van der Waals surface area contributed by atoms with E-state index in [-0.39, 0.29) is 23.1 Å². The van der Waals surface area contributed by atoms with E-state index in [1.54, 1.807) is 18.3 Å². The van der Waals surface area contributed by atoms with Crippen LogP contribution in [0.4, 0.5) is 5.69 Å². The maximum atomic E-state index is 12.5. The van der Waals surface area contributed by atoms with E-state index >= 15 is 0 Å². The van der Waals surface area contributed by atoms with E-state index in [2.05, 4.69) is 31.4 Å². The molecule has 1 amide bonds. The average molecular weight is 450 g/mol. The molecule has 2 heterocycles. The van der Waals surface area contributed by atoms with Crippen molar-refractivity contribution in [2.45, 2.75) is 26.3 Å². The Morgan fingerprint density at radius 1 is 1.30 bits per heavy atom. The number of carbonyl (C=O) groups excluding carboxylic acids is 1. The molecule has 0 radical (unpaired) electrons. The highest BCUT2D eigenvalue weighted by Gasteiger charge is 2.19. The van der Waals surface area contributed by atoms with Crippen molar-refractivity contribution < 1.29 is 4.79 Å². The maximum absolute atomic E-state index is 12.5. The highest BCUT2D eigenvalue weighted by molar-refractivity contribution is 9.10. The van der Waals surface area contributed by atoms with E-state index in [9.17, 15) is 9.59 Å². The van der Waals surface area contributed by atoms with Gasteiger partial charge in [-0.3, -0.25) is 14.7 Å². The number of nitrogens with one attached hydrogen (secondary N) is 2. The van der Waals surface area contributed by atoms with Crippen LogP contribution < -0.4 is 10.9 Å². The van der Waals surface area contributed by atoms with Crippen molar-refractivity contribution in [2.24, 2.45) is 0 Å². The molecule has 3 aromatic rings. The van der Waals surface area contributed by atoms with Crippen LogP contribution >= 0.6 is 27.5 Å². The molecule has 0 spiro atoms. The highest BCUT2D eigenvalue weighted by atomic mass is 79.9. The molecular formula is C19H18BrClN4O2. The van der Waals surface area contributed by atoms with E-state index in [0.717, 1.165) is 11.3 Å². The number of anilines is 1. The van der Waals surface area contributed by atoms with Crippen LogP contribution in [0.5, 0.6) is 0 Å². The van der Waals surface area contributed by atoms with Gasteiger partial charge in [0.1, 0.15) is 0 Å². The summed E-state index contributed by atoms with van der Waals surface area (Å²) in [7, 11) is 0. The SMILES string of the molecule is CC(C)c1[nH]nc(C(=O)Nc2ccc(=O)n(Cc3ccccc3Cl)c2)c1Br. The minimum atomic E-state index is -0.368. The van der Waals surface area contributed by atoms with Crippen molar-refractivity contribution in [3.05, 3.63) is 79.4 Å². The Labute approximate surface area is 169 Å². The molecule has 27 heavy (non-hydrogen) atoms. The lowest BCUT2D eigenvalue weighted by molar-refractivity contribution is 0.102. The smallest absolute Gasteiger partial charge is 0.277 e. The Morgan fingerprint density at radius 3 is 2.70 bits per heavy atom. The summed E-state index contributed by atoms with van der Waals surface area (Å²) < 4.78 is 2.13. The molecule has 0 aliphatic heterocycles. The van der Waals surface area contributed by atoms with Crippen LogP contribution in [-0.2, 0) is 6.54 Å². The summed E-state index contributed by atoms with van der Waals surface area (Å²) in [6, 6.07) is 10.3. The second-order valence-corrected chi connectivity index (χ2v) is 7.58. The Morgan fingerprint density at radius 2 is 2.04 bits per heavy atom. The molecule has 2 N–H and O–H groups in total. The molecule has 0 saturated heterocycles. The number of halogens is 2. The fourth-order valence-corrected chi connectivity index (χ4v) is 3.61. The van der Waals surface area contributed by atoms with Gasteiger partial charge in [0, 0.05) is 17.3 Å². The number of benzene rings is 1. The van der Waals surface area contributed by atoms with E-state index < -0.39 is 0 Å². The third kappa shape index (κ3) is 4.31. The van der Waals surface area contributed by atoms with Crippen LogP contribution in [0.3, 0.4) is 0 Å². The molecule has 0 bridgehead atoms. The van der Waals surface area contributed by atoms with Gasteiger partial charge in [0.15, 0.2) is 5.69 Å². The van der Waals surface area contributed by atoms with E-state index in [0.29, 0.717) is 21.7 Å². The predicted octanol–water partition coefficient (Wildman–Crippen LogP) is 4.41. The second kappa shape index (κ2) is 8.10. The molecule has 0 saturated carbocycles. The van der Waals surface area contributed by atoms with Crippen molar-refractivity contribution >= 4 is 39.1 Å². The minimum absolute atomic E-state index is 0.184. The second-order valence-electron chi connectivity index (χ2n) is 6.38. The zero-order valence-electron chi connectivity index (χ0n) is 14.8. The first-order chi connectivity index (χ1) is 12.9. The number of nitrogens with zero attached hydrogens (tertiary/aromatic N) is 2. The van der Waals surface area contributed by atoms with Gasteiger partial charge in [0.2, 0.25) is 0 Å². The lowest BCUT2D eigenvalue weighted by Gasteiger charge is -2.10. The number of aromatic nitrogens is 3. The fraction of sp³-hybridized carbons (Fsp3) is 0.211. The van der Waals surface area contributed by atoms with Gasteiger partial charge in [-0.05, 0) is 39.5 Å². The third-order valence-electron chi connectivity index (χ3n) is 4.06. The maximum Gasteiger partial charge on any atom is 0.277 e. The van der Waals surface area contributed by atoms with Crippen molar-refractivity contribution in [1.29, 1.82) is 0 Å². The Kier molecular flexibility index (Phi) is 5.82. The molecular weight excluding hydrogens is 432 g/mol. The van der Waals surface area contributed by atoms with E-state index in [4.69, 9.17) is 11.6 Å². The molecule has 6 nitrogen and oxygen atoms in total. The number of H-pyrrole nitrogens is 1. The third-order valence-corrected chi connectivity index (χ3v) is 5.24. The van der Waals surface area contributed by atoms with Gasteiger partial charge in [-0.2, -0.15) is 5.10 Å². The van der Waals surface area contributed by atoms with Gasteiger partial charge < -0.3 is 9.88 Å². The summed E-state index contributed by atoms with van der Waals surface area (Å²) in [5, 5.41) is 10.3. The molecule has 140 valence electrons. The number of hydrogen-bond donors (Lipinski definition) is 2. The first kappa shape index (κ1) is 19.4. The summed E-state index contributed by atoms with van der Waals surface area (Å²) in [4.78, 5) is 24.7. The molecule has 3 rings (SSSR count). The summed E-state index contributed by atoms with van der Waals surface area (Å²) in [5.41, 5.74) is 2.25. The van der Waals surface area contributed by atoms with Crippen LogP contribution in [0.1, 0.15) is 41.5 Å². The number of hydrogen-bond acceptors (Lipinski definition) is 3. The van der Waals surface area contributed by atoms with Crippen molar-refractivity contribution in [1.82, 2.24) is 14.8 Å². The number of amides is 1. The van der Waals surface area contributed by atoms with Crippen LogP contribution in [-0.4, -0.2) is 20.7 Å². The fourth-order valence-electron chi connectivity index (χ4n) is 2.60. The number of aromatic amines is 1. The van der Waals surface area contributed by atoms with Gasteiger partial charge in [0.05, 0.1) is 22.4 Å². The first-order valence-corrected chi connectivity index (χ1v) is 9.53. The van der Waals surface area contributed by atoms with Crippen molar-refractivity contribution in [3.63, 3.8) is 0 Å². The summed E-state index contributed by atoms with van der Waals surface area (Å²) in [6.45, 7) is 4.32. The Hall–Kier alpha value is -2.38. The number of carbonyl (C=O) groups is 1. The summed E-state index contributed by atoms with van der Waals surface area (Å²) in [5.74, 6) is -0.168. The summed E-state index contributed by atoms with van der Waals surface area (Å²) in [6.07, 6.45) is 1.59. The van der Waals surface area contributed by atoms with E-state index in [1.165, 1.54) is 10.6 Å². The van der Waals surface area contributed by atoms with Crippen LogP contribution in [0.2, 0.25) is 5.02 Å². The van der Waals surface area contributed by atoms with Crippen LogP contribution in [0.25, 0.3) is 0 Å². The molecule has 0 atom stereocenters. The van der Waals surface area contributed by atoms with Gasteiger partial charge in [-0.25, -0.2) is 0 Å². The van der Waals surface area contributed by atoms with E-state index in [1.807, 2.05) is 32.0 Å². The van der Waals surface area contributed by atoms with Gasteiger partial charge in [0.25, 0.3) is 11.5 Å². The first-order valence-electron chi connectivity index (χ1n) is 8.36. The Balaban J connectivity index is 1.83. The molecule has 0 aliphatic carbocycles. The predicted molar refractivity (Wildman–Crippen MR) is 110 cm³/mol. The number of rotatable bonds is 5. The van der Waals surface area contributed by atoms with Gasteiger partial charge in [-0.1, -0.05) is 43.6 Å². The standard InChI is InChI=1S/C19H18BrClN4O2/c1-11(2)17-16(20)18(24-23-17)19(27)22-13-7-8-15(26)25(10-13)9-12-5-3-4-6-14(12)21/h3-8,10-11H,9H2,1-2H3,(H,22,27)(H,23,24). The number of pyridine rings is 1. The van der Waals surface area contributed by atoms with Gasteiger partial charge in [-0.15, -0.1) is 0 Å². The average Bonchev–Trinajstić information content (AvgIpc) is 3.01. The van der Waals surface area contributed by atoms with Crippen molar-refractivity contribution in [2.75, 3.05) is 5.32 Å². The van der Waals surface area contributed by atoms with Crippen LogP contribution in [0.15, 0.2) is 51.9 Å². The molecule has 8 heteroatoms. The lowest BCUT2D eigenvalue weighted by Crippen LogP contribution is -2.21. The highest BCUT2D eigenvalue weighted by Crippen LogP contribution is 2.26. The molecule has 0 aliphatic rings. The normalized spacial score (nSPS) is 11.0. The quantitative estimate of drug-likeness (QED) is 0.605.